The predicted octanol–water partition coefficient (Wildman–Crippen LogP) is 2.08. The van der Waals surface area contributed by atoms with Crippen molar-refractivity contribution in [2.45, 2.75) is 6.54 Å². The summed E-state index contributed by atoms with van der Waals surface area (Å²) in [5.74, 6) is -0.197. The van der Waals surface area contributed by atoms with Gasteiger partial charge in [0.25, 0.3) is 0 Å². The Morgan fingerprint density at radius 3 is 2.45 bits per heavy atom. The summed E-state index contributed by atoms with van der Waals surface area (Å²) in [6.45, 7) is 6.59. The van der Waals surface area contributed by atoms with Gasteiger partial charge in [-0.3, -0.25) is 14.7 Å². The molecule has 9 heteroatoms. The number of piperazine rings is 1. The van der Waals surface area contributed by atoms with Crippen molar-refractivity contribution in [3.05, 3.63) is 65.0 Å². The van der Waals surface area contributed by atoms with Gasteiger partial charge < -0.3 is 21.1 Å². The van der Waals surface area contributed by atoms with Crippen LogP contribution in [0.1, 0.15) is 21.5 Å². The van der Waals surface area contributed by atoms with E-state index in [0.717, 1.165) is 5.56 Å². The van der Waals surface area contributed by atoms with Crippen LogP contribution >= 0.6 is 11.6 Å². The number of pyridine rings is 1. The van der Waals surface area contributed by atoms with Crippen LogP contribution in [0.2, 0.25) is 5.02 Å². The Morgan fingerprint density at radius 1 is 1.07 bits per heavy atom. The van der Waals surface area contributed by atoms with Crippen molar-refractivity contribution in [1.29, 1.82) is 0 Å². The van der Waals surface area contributed by atoms with Crippen LogP contribution in [0.5, 0.6) is 5.75 Å². The lowest BCUT2D eigenvalue weighted by Crippen LogP contribution is -2.49. The molecule has 0 spiro atoms. The lowest BCUT2D eigenvalue weighted by atomic mass is 10.1. The summed E-state index contributed by atoms with van der Waals surface area (Å²) in [6.07, 6.45) is 2.57. The number of rotatable bonds is 5. The third-order valence-electron chi connectivity index (χ3n) is 4.57. The van der Waals surface area contributed by atoms with E-state index in [-0.39, 0.29) is 0 Å². The molecule has 3 rings (SSSR count). The number of nitrogens with zero attached hydrogens (tertiary/aromatic N) is 3. The van der Waals surface area contributed by atoms with Crippen molar-refractivity contribution in [1.82, 2.24) is 14.8 Å². The second-order valence-electron chi connectivity index (χ2n) is 6.78. The fourth-order valence-corrected chi connectivity index (χ4v) is 3.30. The fourth-order valence-electron chi connectivity index (χ4n) is 3.05. The molecule has 4 N–H and O–H groups in total. The van der Waals surface area contributed by atoms with Gasteiger partial charge in [0.1, 0.15) is 0 Å². The molecule has 29 heavy (non-hydrogen) atoms. The quantitative estimate of drug-likeness (QED) is 0.772. The molecule has 1 aromatic heterocycles. The molecule has 2 amide bonds. The fraction of sp³-hybridized carbons (Fsp3) is 0.250. The Bertz CT molecular complexity index is 941. The van der Waals surface area contributed by atoms with Crippen LogP contribution in [0.3, 0.4) is 0 Å². The minimum absolute atomic E-state index is 0.319. The Hall–Kier alpha value is -3.10. The maximum atomic E-state index is 12.4. The van der Waals surface area contributed by atoms with Gasteiger partial charge in [-0.2, -0.15) is 0 Å². The highest BCUT2D eigenvalue weighted by molar-refractivity contribution is 6.31. The molecule has 1 saturated heterocycles. The number of nitrogens with two attached hydrogens (primary N) is 2. The van der Waals surface area contributed by atoms with Crippen LogP contribution < -0.4 is 16.2 Å². The van der Waals surface area contributed by atoms with E-state index >= 15 is 0 Å². The number of amides is 2. The van der Waals surface area contributed by atoms with E-state index in [2.05, 4.69) is 16.5 Å². The number of carbonyl (C=O) groups excluding carboxylic acids is 2. The Morgan fingerprint density at radius 2 is 1.79 bits per heavy atom. The number of carbonyl (C=O) groups is 2. The first-order valence-corrected chi connectivity index (χ1v) is 9.38. The summed E-state index contributed by atoms with van der Waals surface area (Å²) >= 11 is 6.07. The molecular weight excluding hydrogens is 394 g/mol. The third kappa shape index (κ3) is 5.46. The lowest BCUT2D eigenvalue weighted by Gasteiger charge is -2.34. The summed E-state index contributed by atoms with van der Waals surface area (Å²) in [7, 11) is 0. The van der Waals surface area contributed by atoms with Gasteiger partial charge in [0, 0.05) is 60.8 Å². The number of hydrogen-bond acceptors (Lipinski definition) is 6. The molecule has 1 aliphatic rings. The molecular formula is C20H22ClN5O3. The van der Waals surface area contributed by atoms with Gasteiger partial charge in [-0.25, -0.2) is 4.79 Å². The second-order valence-corrected chi connectivity index (χ2v) is 7.21. The van der Waals surface area contributed by atoms with E-state index in [4.69, 9.17) is 27.8 Å². The topological polar surface area (TPSA) is 115 Å². The van der Waals surface area contributed by atoms with Gasteiger partial charge in [0.05, 0.1) is 6.20 Å². The van der Waals surface area contributed by atoms with Crippen LogP contribution in [-0.4, -0.2) is 53.0 Å². The average molecular weight is 416 g/mol. The van der Waals surface area contributed by atoms with E-state index in [1.165, 1.54) is 6.20 Å². The van der Waals surface area contributed by atoms with Gasteiger partial charge >= 0.3 is 6.09 Å². The Labute approximate surface area is 173 Å². The number of benzene rings is 1. The first kappa shape index (κ1) is 20.6. The van der Waals surface area contributed by atoms with Crippen LogP contribution in [-0.2, 0) is 6.54 Å². The molecule has 0 bridgehead atoms. The van der Waals surface area contributed by atoms with Crippen molar-refractivity contribution < 1.29 is 14.3 Å². The van der Waals surface area contributed by atoms with Crippen molar-refractivity contribution in [2.24, 2.45) is 11.5 Å². The molecule has 0 aliphatic carbocycles. The molecule has 1 fully saturated rings. The SMILES string of the molecule is C=C(N)c1cncc(OC(=O)N2CCN(Cc3cc(Cl)cc(C(N)=O)c3)CC2)c1. The third-order valence-corrected chi connectivity index (χ3v) is 4.79. The molecule has 0 saturated carbocycles. The van der Waals surface area contributed by atoms with Gasteiger partial charge in [0.15, 0.2) is 5.75 Å². The molecule has 2 aromatic rings. The molecule has 0 unspecified atom stereocenters. The minimum Gasteiger partial charge on any atom is -0.409 e. The lowest BCUT2D eigenvalue weighted by molar-refractivity contribution is 0.0997. The van der Waals surface area contributed by atoms with E-state index in [9.17, 15) is 9.59 Å². The minimum atomic E-state index is -0.516. The number of primary amides is 1. The van der Waals surface area contributed by atoms with Crippen molar-refractivity contribution in [3.63, 3.8) is 0 Å². The Kier molecular flexibility index (Phi) is 6.36. The van der Waals surface area contributed by atoms with Crippen molar-refractivity contribution >= 4 is 29.3 Å². The average Bonchev–Trinajstić information content (AvgIpc) is 2.68. The maximum absolute atomic E-state index is 12.4. The zero-order valence-corrected chi connectivity index (χ0v) is 16.6. The van der Waals surface area contributed by atoms with E-state index in [1.54, 1.807) is 35.4 Å². The largest absolute Gasteiger partial charge is 0.415 e. The maximum Gasteiger partial charge on any atom is 0.415 e. The normalized spacial score (nSPS) is 14.4. The van der Waals surface area contributed by atoms with E-state index in [1.807, 2.05) is 0 Å². The van der Waals surface area contributed by atoms with Gasteiger partial charge in [-0.1, -0.05) is 18.2 Å². The first-order valence-electron chi connectivity index (χ1n) is 9.00. The summed E-state index contributed by atoms with van der Waals surface area (Å²) in [5.41, 5.74) is 13.2. The summed E-state index contributed by atoms with van der Waals surface area (Å²) in [6, 6.07) is 6.71. The predicted molar refractivity (Wildman–Crippen MR) is 110 cm³/mol. The number of aromatic nitrogens is 1. The van der Waals surface area contributed by atoms with Crippen molar-refractivity contribution in [3.8, 4) is 5.75 Å². The summed E-state index contributed by atoms with van der Waals surface area (Å²) < 4.78 is 5.40. The molecule has 1 aliphatic heterocycles. The van der Waals surface area contributed by atoms with E-state index < -0.39 is 12.0 Å². The molecule has 152 valence electrons. The molecule has 0 atom stereocenters. The summed E-state index contributed by atoms with van der Waals surface area (Å²) in [5, 5.41) is 0.467. The monoisotopic (exact) mass is 415 g/mol. The van der Waals surface area contributed by atoms with Crippen molar-refractivity contribution in [2.75, 3.05) is 26.2 Å². The van der Waals surface area contributed by atoms with Crippen LogP contribution in [0.25, 0.3) is 5.70 Å². The van der Waals surface area contributed by atoms with Gasteiger partial charge in [-0.15, -0.1) is 0 Å². The van der Waals surface area contributed by atoms with Gasteiger partial charge in [-0.05, 0) is 29.8 Å². The van der Waals surface area contributed by atoms with Gasteiger partial charge in [0.2, 0.25) is 5.91 Å². The molecule has 8 nitrogen and oxygen atoms in total. The molecule has 0 radical (unpaired) electrons. The van der Waals surface area contributed by atoms with Crippen LogP contribution in [0.4, 0.5) is 4.79 Å². The van der Waals surface area contributed by atoms with E-state index in [0.29, 0.717) is 60.3 Å². The number of halogens is 1. The number of ether oxygens (including phenoxy) is 1. The zero-order chi connectivity index (χ0) is 21.0. The summed E-state index contributed by atoms with van der Waals surface area (Å²) in [4.78, 5) is 31.6. The first-order chi connectivity index (χ1) is 13.8. The molecule has 1 aromatic carbocycles. The highest BCUT2D eigenvalue weighted by Gasteiger charge is 2.23. The van der Waals surface area contributed by atoms with Crippen LogP contribution in [0.15, 0.2) is 43.2 Å². The zero-order valence-electron chi connectivity index (χ0n) is 15.8. The number of hydrogen-bond donors (Lipinski definition) is 2. The highest BCUT2D eigenvalue weighted by atomic mass is 35.5. The second kappa shape index (κ2) is 8.93. The smallest absolute Gasteiger partial charge is 0.409 e. The molecule has 2 heterocycles. The van der Waals surface area contributed by atoms with Crippen LogP contribution in [0, 0.1) is 0 Å². The standard InChI is InChI=1S/C20H22ClN5O3/c1-13(22)16-9-18(11-24-10-16)29-20(28)26-4-2-25(3-5-26)12-14-6-15(19(23)27)8-17(21)7-14/h6-11H,1-5,12,22H2,(H2,23,27). The highest BCUT2D eigenvalue weighted by Crippen LogP contribution is 2.19. The Balaban J connectivity index is 1.55.